The van der Waals surface area contributed by atoms with Gasteiger partial charge < -0.3 is 5.32 Å². The molecule has 0 aliphatic carbocycles. The second-order valence-electron chi connectivity index (χ2n) is 3.67. The van der Waals surface area contributed by atoms with E-state index in [-0.39, 0.29) is 11.7 Å². The molecule has 2 rings (SSSR count). The molecule has 6 heteroatoms. The molecule has 2 heterocycles. The highest BCUT2D eigenvalue weighted by Crippen LogP contribution is 2.17. The van der Waals surface area contributed by atoms with E-state index in [1.54, 1.807) is 16.9 Å². The van der Waals surface area contributed by atoms with Crippen LogP contribution < -0.4 is 5.32 Å². The van der Waals surface area contributed by atoms with Crippen molar-refractivity contribution in [1.29, 1.82) is 0 Å². The summed E-state index contributed by atoms with van der Waals surface area (Å²) in [5.41, 5.74) is 0.954. The van der Waals surface area contributed by atoms with Gasteiger partial charge in [-0.1, -0.05) is 0 Å². The van der Waals surface area contributed by atoms with E-state index < -0.39 is 6.67 Å². The van der Waals surface area contributed by atoms with Crippen LogP contribution in [0.15, 0.2) is 18.3 Å². The highest BCUT2D eigenvalue weighted by molar-refractivity contribution is 7.10. The zero-order valence-corrected chi connectivity index (χ0v) is 10.2. The van der Waals surface area contributed by atoms with E-state index >= 15 is 0 Å². The molecular weight excluding hydrogens is 244 g/mol. The first-order valence-electron chi connectivity index (χ1n) is 5.27. The third kappa shape index (κ3) is 3.03. The molecule has 0 aromatic carbocycles. The Kier molecular flexibility index (Phi) is 3.73. The maximum Gasteiger partial charge on any atom is 0.176 e. The summed E-state index contributed by atoms with van der Waals surface area (Å²) in [6.45, 7) is 2.26. The predicted octanol–water partition coefficient (Wildman–Crippen LogP) is 2.97. The fourth-order valence-electron chi connectivity index (χ4n) is 1.51. The van der Waals surface area contributed by atoms with Crippen molar-refractivity contribution in [2.75, 3.05) is 12.0 Å². The Morgan fingerprint density at radius 3 is 2.94 bits per heavy atom. The minimum atomic E-state index is -0.434. The van der Waals surface area contributed by atoms with E-state index in [0.717, 1.165) is 21.8 Å². The number of hydrogen-bond acceptors (Lipinski definition) is 3. The van der Waals surface area contributed by atoms with Crippen LogP contribution in [0, 0.1) is 12.1 Å². The van der Waals surface area contributed by atoms with Gasteiger partial charge in [0.25, 0.3) is 0 Å². The van der Waals surface area contributed by atoms with Crippen LogP contribution in [-0.4, -0.2) is 16.5 Å². The van der Waals surface area contributed by atoms with Gasteiger partial charge in [-0.15, -0.1) is 11.3 Å². The van der Waals surface area contributed by atoms with Crippen molar-refractivity contribution in [1.82, 2.24) is 9.78 Å². The largest absolute Gasteiger partial charge is 0.363 e. The number of aryl methyl sites for hydroxylation is 2. The highest BCUT2D eigenvalue weighted by atomic mass is 32.1. The summed E-state index contributed by atoms with van der Waals surface area (Å²) in [7, 11) is 0. The van der Waals surface area contributed by atoms with Gasteiger partial charge in [0.15, 0.2) is 10.9 Å². The standard InChI is InChI=1S/C11H13F2N3S/c1-8-7-16(5-4-12)15-11(8)14-6-9-2-3-10(13)17-9/h2-3,7H,4-6H2,1H3,(H,14,15). The Labute approximate surface area is 102 Å². The van der Waals surface area contributed by atoms with Gasteiger partial charge >= 0.3 is 0 Å². The normalized spacial score (nSPS) is 10.8. The monoisotopic (exact) mass is 257 g/mol. The molecule has 1 N–H and O–H groups in total. The second kappa shape index (κ2) is 5.27. The first-order valence-corrected chi connectivity index (χ1v) is 6.09. The SMILES string of the molecule is Cc1cn(CCF)nc1NCc1ccc(F)s1. The van der Waals surface area contributed by atoms with Gasteiger partial charge in [0.2, 0.25) is 0 Å². The van der Waals surface area contributed by atoms with Crippen LogP contribution in [0.2, 0.25) is 0 Å². The number of hydrogen-bond donors (Lipinski definition) is 1. The number of nitrogens with zero attached hydrogens (tertiary/aromatic N) is 2. The number of anilines is 1. The van der Waals surface area contributed by atoms with Gasteiger partial charge in [0.1, 0.15) is 6.67 Å². The molecule has 0 saturated heterocycles. The van der Waals surface area contributed by atoms with Gasteiger partial charge in [-0.2, -0.15) is 9.49 Å². The second-order valence-corrected chi connectivity index (χ2v) is 4.79. The fourth-order valence-corrected chi connectivity index (χ4v) is 2.18. The fraction of sp³-hybridized carbons (Fsp3) is 0.364. The summed E-state index contributed by atoms with van der Waals surface area (Å²) in [6, 6.07) is 3.18. The Bertz CT molecular complexity index is 493. The minimum absolute atomic E-state index is 0.193. The van der Waals surface area contributed by atoms with Crippen molar-refractivity contribution >= 4 is 17.2 Å². The van der Waals surface area contributed by atoms with E-state index in [2.05, 4.69) is 10.4 Å². The molecule has 92 valence electrons. The van der Waals surface area contributed by atoms with Gasteiger partial charge in [-0.25, -0.2) is 4.39 Å². The van der Waals surface area contributed by atoms with Crippen molar-refractivity contribution in [3.8, 4) is 0 Å². The zero-order valence-electron chi connectivity index (χ0n) is 9.41. The topological polar surface area (TPSA) is 29.9 Å². The van der Waals surface area contributed by atoms with Crippen LogP contribution in [0.25, 0.3) is 0 Å². The lowest BCUT2D eigenvalue weighted by molar-refractivity contribution is 0.427. The lowest BCUT2D eigenvalue weighted by atomic mass is 10.3. The molecular formula is C11H13F2N3S. The summed E-state index contributed by atoms with van der Waals surface area (Å²) in [5.74, 6) is 0.715. The first kappa shape index (κ1) is 12.0. The molecule has 0 fully saturated rings. The Hall–Kier alpha value is -1.43. The molecule has 17 heavy (non-hydrogen) atoms. The van der Waals surface area contributed by atoms with Crippen molar-refractivity contribution in [3.63, 3.8) is 0 Å². The number of thiophene rings is 1. The molecule has 0 amide bonds. The quantitative estimate of drug-likeness (QED) is 0.892. The van der Waals surface area contributed by atoms with E-state index in [4.69, 9.17) is 0 Å². The van der Waals surface area contributed by atoms with E-state index in [1.165, 1.54) is 6.07 Å². The van der Waals surface area contributed by atoms with E-state index in [9.17, 15) is 8.78 Å². The van der Waals surface area contributed by atoms with Crippen molar-refractivity contribution in [3.05, 3.63) is 33.9 Å². The average Bonchev–Trinajstić information content (AvgIpc) is 2.83. The first-order chi connectivity index (χ1) is 8.19. The van der Waals surface area contributed by atoms with Gasteiger partial charge in [-0.05, 0) is 19.1 Å². The number of alkyl halides is 1. The number of rotatable bonds is 5. The third-order valence-electron chi connectivity index (χ3n) is 2.32. The highest BCUT2D eigenvalue weighted by Gasteiger charge is 2.05. The molecule has 0 unspecified atom stereocenters. The summed E-state index contributed by atoms with van der Waals surface area (Å²) < 4.78 is 26.5. The molecule has 3 nitrogen and oxygen atoms in total. The summed E-state index contributed by atoms with van der Waals surface area (Å²) in [5, 5.41) is 7.12. The average molecular weight is 257 g/mol. The number of nitrogens with one attached hydrogen (secondary N) is 1. The number of halogens is 2. The van der Waals surface area contributed by atoms with Gasteiger partial charge in [0, 0.05) is 16.6 Å². The molecule has 0 spiro atoms. The van der Waals surface area contributed by atoms with Crippen LogP contribution >= 0.6 is 11.3 Å². The maximum absolute atomic E-state index is 12.8. The lowest BCUT2D eigenvalue weighted by Gasteiger charge is -2.01. The van der Waals surface area contributed by atoms with Crippen molar-refractivity contribution < 1.29 is 8.78 Å². The van der Waals surface area contributed by atoms with Gasteiger partial charge in [-0.3, -0.25) is 4.68 Å². The zero-order chi connectivity index (χ0) is 12.3. The molecule has 0 saturated carbocycles. The minimum Gasteiger partial charge on any atom is -0.363 e. The molecule has 2 aromatic rings. The Morgan fingerprint density at radius 1 is 1.47 bits per heavy atom. The summed E-state index contributed by atoms with van der Waals surface area (Å²) >= 11 is 1.11. The molecule has 0 bridgehead atoms. The van der Waals surface area contributed by atoms with Gasteiger partial charge in [0.05, 0.1) is 13.1 Å². The third-order valence-corrected chi connectivity index (χ3v) is 3.19. The molecule has 0 radical (unpaired) electrons. The summed E-state index contributed by atoms with van der Waals surface area (Å²) in [6.07, 6.45) is 1.79. The van der Waals surface area contributed by atoms with Crippen LogP contribution in [0.5, 0.6) is 0 Å². The Balaban J connectivity index is 1.98. The van der Waals surface area contributed by atoms with Crippen LogP contribution in [0.3, 0.4) is 0 Å². The lowest BCUT2D eigenvalue weighted by Crippen LogP contribution is -2.03. The smallest absolute Gasteiger partial charge is 0.176 e. The van der Waals surface area contributed by atoms with Crippen molar-refractivity contribution in [2.24, 2.45) is 0 Å². The molecule has 0 aliphatic rings. The molecule has 0 atom stereocenters. The summed E-state index contributed by atoms with van der Waals surface area (Å²) in [4.78, 5) is 0.905. The maximum atomic E-state index is 12.8. The van der Waals surface area contributed by atoms with Crippen LogP contribution in [0.4, 0.5) is 14.6 Å². The van der Waals surface area contributed by atoms with Crippen LogP contribution in [0.1, 0.15) is 10.4 Å². The number of aromatic nitrogens is 2. The van der Waals surface area contributed by atoms with E-state index in [0.29, 0.717) is 12.4 Å². The Morgan fingerprint density at radius 2 is 2.29 bits per heavy atom. The van der Waals surface area contributed by atoms with Crippen LogP contribution in [-0.2, 0) is 13.1 Å². The predicted molar refractivity (Wildman–Crippen MR) is 64.5 cm³/mol. The van der Waals surface area contributed by atoms with E-state index in [1.807, 2.05) is 6.92 Å². The molecule has 0 aliphatic heterocycles. The molecule has 2 aromatic heterocycles. The van der Waals surface area contributed by atoms with Crippen molar-refractivity contribution in [2.45, 2.75) is 20.0 Å².